The molecule has 1 aromatic heterocycles. The van der Waals surface area contributed by atoms with Gasteiger partial charge in [-0.15, -0.1) is 0 Å². The summed E-state index contributed by atoms with van der Waals surface area (Å²) in [5, 5.41) is 10.7. The number of para-hydroxylation sites is 1. The minimum Gasteiger partial charge on any atom is -0.463 e. The highest BCUT2D eigenvalue weighted by molar-refractivity contribution is 6.39. The molecular weight excluding hydrogens is 561 g/mol. The lowest BCUT2D eigenvalue weighted by molar-refractivity contribution is -0.128. The molecule has 1 saturated carbocycles. The van der Waals surface area contributed by atoms with E-state index in [-0.39, 0.29) is 29.8 Å². The number of nitriles is 1. The van der Waals surface area contributed by atoms with Crippen molar-refractivity contribution < 1.29 is 9.53 Å². The first-order chi connectivity index (χ1) is 19.6. The number of ether oxygens (including phenoxy) is 1. The summed E-state index contributed by atoms with van der Waals surface area (Å²) in [6.07, 6.45) is 4.47. The highest BCUT2D eigenvalue weighted by Gasteiger charge is 2.44. The van der Waals surface area contributed by atoms with E-state index in [0.717, 1.165) is 42.1 Å². The topological polar surface area (TPSA) is 88.8 Å². The average Bonchev–Trinajstić information content (AvgIpc) is 3.70. The molecule has 2 unspecified atom stereocenters. The molecule has 0 bridgehead atoms. The Labute approximate surface area is 252 Å². The molecule has 1 aromatic carbocycles. The van der Waals surface area contributed by atoms with Gasteiger partial charge in [0.25, 0.3) is 0 Å². The summed E-state index contributed by atoms with van der Waals surface area (Å²) in [6, 6.07) is 7.97. The van der Waals surface area contributed by atoms with Gasteiger partial charge in [-0.1, -0.05) is 35.8 Å². The Morgan fingerprint density at radius 1 is 1.27 bits per heavy atom. The van der Waals surface area contributed by atoms with Crippen LogP contribution in [0.2, 0.25) is 10.0 Å². The Balaban J connectivity index is 1.50. The fourth-order valence-electron chi connectivity index (χ4n) is 6.10. The second-order valence-electron chi connectivity index (χ2n) is 11.7. The Bertz CT molecular complexity index is 1340. The number of carbonyl (C=O) groups is 1. The van der Waals surface area contributed by atoms with Crippen LogP contribution in [0.15, 0.2) is 30.9 Å². The molecule has 1 amide bonds. The van der Waals surface area contributed by atoms with Crippen molar-refractivity contribution in [3.8, 4) is 12.1 Å². The van der Waals surface area contributed by atoms with E-state index in [4.69, 9.17) is 37.9 Å². The van der Waals surface area contributed by atoms with Crippen molar-refractivity contribution in [2.24, 2.45) is 5.41 Å². The van der Waals surface area contributed by atoms with Gasteiger partial charge in [0.05, 0.1) is 53.1 Å². The van der Waals surface area contributed by atoms with Crippen LogP contribution < -0.4 is 14.5 Å². The number of aromatic nitrogens is 2. The molecule has 1 saturated heterocycles. The summed E-state index contributed by atoms with van der Waals surface area (Å²) in [6.45, 7) is 9.37. The zero-order chi connectivity index (χ0) is 29.3. The van der Waals surface area contributed by atoms with Gasteiger partial charge in [0.1, 0.15) is 5.82 Å². The van der Waals surface area contributed by atoms with Crippen LogP contribution in [0.1, 0.15) is 37.4 Å². The van der Waals surface area contributed by atoms with E-state index in [9.17, 15) is 10.1 Å². The highest BCUT2D eigenvalue weighted by atomic mass is 35.5. The van der Waals surface area contributed by atoms with Crippen molar-refractivity contribution in [2.45, 2.75) is 51.2 Å². The lowest BCUT2D eigenvalue weighted by atomic mass is 9.97. The number of carbonyl (C=O) groups excluding carboxylic acids is 1. The molecule has 2 aromatic rings. The van der Waals surface area contributed by atoms with Crippen LogP contribution in [-0.2, 0) is 17.8 Å². The second-order valence-corrected chi connectivity index (χ2v) is 12.5. The van der Waals surface area contributed by atoms with Crippen LogP contribution >= 0.6 is 23.2 Å². The zero-order valence-electron chi connectivity index (χ0n) is 23.9. The van der Waals surface area contributed by atoms with Crippen LogP contribution in [0.5, 0.6) is 6.01 Å². The summed E-state index contributed by atoms with van der Waals surface area (Å²) in [7, 11) is 4.16. The maximum atomic E-state index is 12.5. The van der Waals surface area contributed by atoms with Gasteiger partial charge in [0, 0.05) is 43.2 Å². The number of hydrogen-bond acceptors (Lipinski definition) is 8. The van der Waals surface area contributed by atoms with E-state index in [1.165, 1.54) is 6.08 Å². The summed E-state index contributed by atoms with van der Waals surface area (Å²) >= 11 is 13.2. The van der Waals surface area contributed by atoms with E-state index in [1.54, 1.807) is 4.90 Å². The van der Waals surface area contributed by atoms with Crippen LogP contribution in [0.4, 0.5) is 11.5 Å². The number of halogens is 2. The van der Waals surface area contributed by atoms with E-state index in [2.05, 4.69) is 48.4 Å². The van der Waals surface area contributed by atoms with Crippen molar-refractivity contribution in [1.29, 1.82) is 5.26 Å². The monoisotopic (exact) mass is 597 g/mol. The summed E-state index contributed by atoms with van der Waals surface area (Å²) in [4.78, 5) is 30.7. The fourth-order valence-corrected chi connectivity index (χ4v) is 6.71. The smallest absolute Gasteiger partial charge is 0.318 e. The molecule has 1 aliphatic carbocycles. The largest absolute Gasteiger partial charge is 0.463 e. The Hall–Kier alpha value is -3.06. The second kappa shape index (κ2) is 12.0. The van der Waals surface area contributed by atoms with Gasteiger partial charge in [0.15, 0.2) is 0 Å². The molecule has 9 nitrogen and oxygen atoms in total. The van der Waals surface area contributed by atoms with Crippen LogP contribution in [-0.4, -0.2) is 84.6 Å². The third kappa shape index (κ3) is 6.25. The lowest BCUT2D eigenvalue weighted by Gasteiger charge is -2.43. The molecule has 0 radical (unpaired) electrons. The van der Waals surface area contributed by atoms with Gasteiger partial charge < -0.3 is 24.3 Å². The maximum absolute atomic E-state index is 12.5. The zero-order valence-corrected chi connectivity index (χ0v) is 25.5. The maximum Gasteiger partial charge on any atom is 0.318 e. The molecule has 11 heteroatoms. The first kappa shape index (κ1) is 29.4. The highest BCUT2D eigenvalue weighted by Crippen LogP contribution is 2.46. The van der Waals surface area contributed by atoms with Gasteiger partial charge in [-0.2, -0.15) is 15.2 Å². The van der Waals surface area contributed by atoms with Gasteiger partial charge in [-0.05, 0) is 58.5 Å². The predicted molar refractivity (Wildman–Crippen MR) is 162 cm³/mol. The molecule has 0 N–H and O–H groups in total. The van der Waals surface area contributed by atoms with Gasteiger partial charge in [-0.3, -0.25) is 4.79 Å². The van der Waals surface area contributed by atoms with Gasteiger partial charge >= 0.3 is 6.01 Å². The standard InChI is InChI=1S/C30H37Cl2N7O2/c1-5-26(40)38-14-13-37(16-21(38)9-12-33)28-22-15-20(2)39(27-23(31)7-6-8-24(27)32)17-25(22)34-29(35-28)41-19-30(10-11-30)18-36(3)4/h5-8,20-21H,1,9-11,13-19H2,2-4H3. The molecule has 218 valence electrons. The molecule has 2 aliphatic heterocycles. The Kier molecular flexibility index (Phi) is 8.65. The van der Waals surface area contributed by atoms with Crippen molar-refractivity contribution in [3.05, 3.63) is 52.2 Å². The van der Waals surface area contributed by atoms with Crippen LogP contribution in [0.25, 0.3) is 0 Å². The number of fused-ring (bicyclic) bond motifs is 1. The lowest BCUT2D eigenvalue weighted by Crippen LogP contribution is -2.55. The Morgan fingerprint density at radius 2 is 2.00 bits per heavy atom. The molecular formula is C30H37Cl2N7O2. The summed E-state index contributed by atoms with van der Waals surface area (Å²) < 4.78 is 6.32. The van der Waals surface area contributed by atoms with Crippen molar-refractivity contribution in [3.63, 3.8) is 0 Å². The van der Waals surface area contributed by atoms with Crippen molar-refractivity contribution in [1.82, 2.24) is 19.8 Å². The first-order valence-corrected chi connectivity index (χ1v) is 14.8. The fraction of sp³-hybridized carbons (Fsp3) is 0.533. The predicted octanol–water partition coefficient (Wildman–Crippen LogP) is 4.57. The third-order valence-electron chi connectivity index (χ3n) is 8.31. The minimum atomic E-state index is -0.261. The van der Waals surface area contributed by atoms with Gasteiger partial charge in [-0.25, -0.2) is 0 Å². The molecule has 3 aliphatic rings. The number of piperazine rings is 1. The summed E-state index contributed by atoms with van der Waals surface area (Å²) in [5.41, 5.74) is 2.85. The molecule has 0 spiro atoms. The molecule has 3 heterocycles. The number of rotatable bonds is 9. The Morgan fingerprint density at radius 3 is 2.63 bits per heavy atom. The quantitative estimate of drug-likeness (QED) is 0.388. The number of nitrogens with zero attached hydrogens (tertiary/aromatic N) is 7. The summed E-state index contributed by atoms with van der Waals surface area (Å²) in [5.74, 6) is 0.656. The number of anilines is 2. The molecule has 41 heavy (non-hydrogen) atoms. The van der Waals surface area contributed by atoms with E-state index in [1.807, 2.05) is 18.2 Å². The van der Waals surface area contributed by atoms with Gasteiger partial charge in [0.2, 0.25) is 5.91 Å². The average molecular weight is 599 g/mol. The third-order valence-corrected chi connectivity index (χ3v) is 8.92. The van der Waals surface area contributed by atoms with Crippen LogP contribution in [0, 0.1) is 16.7 Å². The van der Waals surface area contributed by atoms with Crippen molar-refractivity contribution in [2.75, 3.05) is 56.7 Å². The molecule has 2 fully saturated rings. The molecule has 5 rings (SSSR count). The number of hydrogen-bond donors (Lipinski definition) is 0. The number of benzene rings is 1. The van der Waals surface area contributed by atoms with Crippen molar-refractivity contribution >= 4 is 40.6 Å². The first-order valence-electron chi connectivity index (χ1n) is 14.1. The van der Waals surface area contributed by atoms with E-state index < -0.39 is 0 Å². The van der Waals surface area contributed by atoms with E-state index >= 15 is 0 Å². The number of amides is 1. The van der Waals surface area contributed by atoms with Crippen LogP contribution in [0.3, 0.4) is 0 Å². The molecule has 2 atom stereocenters. The SMILES string of the molecule is C=CC(=O)N1CCN(c2nc(OCC3(CN(C)C)CC3)nc3c2CC(C)N(c2c(Cl)cccc2Cl)C3)CC1CC#N. The van der Waals surface area contributed by atoms with E-state index in [0.29, 0.717) is 55.3 Å². The normalized spacial score (nSPS) is 21.3. The minimum absolute atomic E-state index is 0.0855.